The third kappa shape index (κ3) is 10.6. The fourth-order valence-corrected chi connectivity index (χ4v) is 5.75. The van der Waals surface area contributed by atoms with Gasteiger partial charge in [0.05, 0.1) is 0 Å². The molecule has 0 saturated heterocycles. The summed E-state index contributed by atoms with van der Waals surface area (Å²) in [4.78, 5) is 74.7. The van der Waals surface area contributed by atoms with Crippen molar-refractivity contribution in [2.24, 2.45) is 0 Å². The second kappa shape index (κ2) is 20.0. The van der Waals surface area contributed by atoms with Gasteiger partial charge in [0.15, 0.2) is 0 Å². The van der Waals surface area contributed by atoms with Crippen molar-refractivity contribution in [3.05, 3.63) is 201 Å². The van der Waals surface area contributed by atoms with Gasteiger partial charge in [0.2, 0.25) is 0 Å². The summed E-state index contributed by atoms with van der Waals surface area (Å²) in [6, 6.07) is 18.0. The summed E-state index contributed by atoms with van der Waals surface area (Å²) in [5, 5.41) is 0. The molecule has 2 aromatic carbocycles. The molecule has 2 aliphatic carbocycles. The van der Waals surface area contributed by atoms with Crippen LogP contribution in [0.15, 0.2) is 98.3 Å². The van der Waals surface area contributed by atoms with E-state index >= 15 is 0 Å². The zero-order chi connectivity index (χ0) is 36.2. The largest absolute Gasteiger partial charge is 2.00 e. The van der Waals surface area contributed by atoms with Crippen molar-refractivity contribution in [1.29, 1.82) is 0 Å². The first kappa shape index (κ1) is 40.4. The van der Waals surface area contributed by atoms with Crippen LogP contribution in [0.1, 0.15) is 64.8 Å². The Morgan fingerprint density at radius 1 is 0.558 bits per heavy atom. The summed E-state index contributed by atoms with van der Waals surface area (Å²) in [7, 11) is 0. The SMILES string of the molecule is Cc1cn(CCCC[C]2[CH][CH][CH][CH]2)c(=O)n(C(=O)c2ccccc2)c1=O.O=C(c1ccccc1)n1c(=O)ccn(CCCC[C]2[CH][CH][CH][CH]2)c1=O.[Fe+2]. The Bertz CT molecular complexity index is 2000. The third-order valence-electron chi connectivity index (χ3n) is 8.52. The van der Waals surface area contributed by atoms with Crippen LogP contribution in [0.4, 0.5) is 0 Å². The van der Waals surface area contributed by atoms with Crippen molar-refractivity contribution in [3.63, 3.8) is 0 Å². The summed E-state index contributed by atoms with van der Waals surface area (Å²) in [6.45, 7) is 2.57. The van der Waals surface area contributed by atoms with Crippen LogP contribution in [-0.4, -0.2) is 30.1 Å². The molecule has 11 heteroatoms. The van der Waals surface area contributed by atoms with E-state index in [2.05, 4.69) is 25.7 Å². The van der Waals surface area contributed by atoms with E-state index in [1.54, 1.807) is 73.8 Å². The maximum Gasteiger partial charge on any atom is 2.00 e. The van der Waals surface area contributed by atoms with Gasteiger partial charge in [-0.05, 0) is 120 Å². The van der Waals surface area contributed by atoms with Crippen LogP contribution < -0.4 is 22.5 Å². The first-order valence-electron chi connectivity index (χ1n) is 17.0. The van der Waals surface area contributed by atoms with E-state index in [4.69, 9.17) is 0 Å². The number of aryl methyl sites for hydroxylation is 3. The van der Waals surface area contributed by atoms with Gasteiger partial charge in [0, 0.05) is 48.2 Å². The molecule has 0 N–H and O–H groups in total. The van der Waals surface area contributed by atoms with Gasteiger partial charge < -0.3 is 4.57 Å². The molecule has 52 heavy (non-hydrogen) atoms. The minimum atomic E-state index is -0.605. The molecule has 0 spiro atoms. The molecule has 10 radical (unpaired) electrons. The van der Waals surface area contributed by atoms with Crippen molar-refractivity contribution < 1.29 is 26.7 Å². The van der Waals surface area contributed by atoms with Crippen molar-refractivity contribution in [3.8, 4) is 0 Å². The van der Waals surface area contributed by atoms with Crippen LogP contribution in [0.2, 0.25) is 0 Å². The smallest absolute Gasteiger partial charge is 0.300 e. The molecule has 2 heterocycles. The van der Waals surface area contributed by atoms with Gasteiger partial charge in [-0.3, -0.25) is 23.7 Å². The fourth-order valence-electron chi connectivity index (χ4n) is 5.75. The van der Waals surface area contributed by atoms with Crippen molar-refractivity contribution in [1.82, 2.24) is 18.3 Å². The second-order valence-corrected chi connectivity index (χ2v) is 12.2. The van der Waals surface area contributed by atoms with E-state index in [9.17, 15) is 28.8 Å². The number of rotatable bonds is 12. The summed E-state index contributed by atoms with van der Waals surface area (Å²) in [6.07, 6.45) is 24.7. The zero-order valence-corrected chi connectivity index (χ0v) is 30.0. The molecule has 0 aliphatic heterocycles. The molecule has 0 atom stereocenters. The minimum Gasteiger partial charge on any atom is -0.300 e. The Balaban J connectivity index is 0.000000228. The topological polar surface area (TPSA) is 122 Å². The average molecular weight is 741 g/mol. The van der Waals surface area contributed by atoms with Crippen LogP contribution in [0.5, 0.6) is 0 Å². The van der Waals surface area contributed by atoms with Gasteiger partial charge in [-0.2, -0.15) is 9.13 Å². The summed E-state index contributed by atoms with van der Waals surface area (Å²) in [5.41, 5.74) is -1.32. The molecule has 2 saturated carbocycles. The summed E-state index contributed by atoms with van der Waals surface area (Å²) < 4.78 is 4.32. The normalized spacial score (nSPS) is 14.4. The predicted molar refractivity (Wildman–Crippen MR) is 196 cm³/mol. The standard InChI is InChI=1S/C21H21N2O3.C20H19N2O3.Fe/c1-16-15-22(14-8-7-11-17-9-5-6-10-17)21(26)23(19(16)24)20(25)18-12-3-2-4-13-18;23-18-13-15-21(14-7-6-10-16-8-4-5-9-16)20(25)22(18)19(24)17-11-2-1-3-12-17;/h2-6,9-10,12-13,15H,7-8,11,14H2,1H3;1-5,8-9,11-13,15H,6-7,10,14H2;/q;;+2. The van der Waals surface area contributed by atoms with Crippen LogP contribution in [0.3, 0.4) is 0 Å². The van der Waals surface area contributed by atoms with Crippen LogP contribution in [-0.2, 0) is 30.2 Å². The molecule has 266 valence electrons. The van der Waals surface area contributed by atoms with E-state index in [-0.39, 0.29) is 17.1 Å². The van der Waals surface area contributed by atoms with Crippen molar-refractivity contribution in [2.75, 3.05) is 0 Å². The molecule has 4 aromatic rings. The van der Waals surface area contributed by atoms with E-state index in [0.717, 1.165) is 43.1 Å². The van der Waals surface area contributed by atoms with Crippen molar-refractivity contribution >= 4 is 11.8 Å². The number of hydrogen-bond donors (Lipinski definition) is 0. The van der Waals surface area contributed by atoms with Gasteiger partial charge >= 0.3 is 28.4 Å². The maximum absolute atomic E-state index is 12.7. The number of carbonyl (C=O) groups is 2. The minimum absolute atomic E-state index is 0. The number of aromatic nitrogens is 4. The third-order valence-corrected chi connectivity index (χ3v) is 8.52. The second-order valence-electron chi connectivity index (χ2n) is 12.2. The average Bonchev–Trinajstić information content (AvgIpc) is 3.88. The van der Waals surface area contributed by atoms with Gasteiger partial charge in [-0.25, -0.2) is 9.59 Å². The number of hydrogen-bond acceptors (Lipinski definition) is 6. The first-order valence-corrected chi connectivity index (χ1v) is 17.0. The Kier molecular flexibility index (Phi) is 15.6. The van der Waals surface area contributed by atoms with E-state index < -0.39 is 34.3 Å². The summed E-state index contributed by atoms with van der Waals surface area (Å²) in [5.74, 6) is 1.37. The Hall–Kier alpha value is -4.34. The fraction of sp³-hybridized carbons (Fsp3) is 0.220. The molecular weight excluding hydrogens is 700 g/mol. The van der Waals surface area contributed by atoms with E-state index in [1.165, 1.54) is 33.2 Å². The molecule has 2 aromatic heterocycles. The van der Waals surface area contributed by atoms with E-state index in [1.807, 2.05) is 25.7 Å². The Morgan fingerprint density at radius 2 is 1.00 bits per heavy atom. The molecule has 2 aliphatic rings. The number of unbranched alkanes of at least 4 members (excludes halogenated alkanes) is 2. The quantitative estimate of drug-likeness (QED) is 0.151. The van der Waals surface area contributed by atoms with Gasteiger partial charge in [-0.1, -0.05) is 49.2 Å². The Morgan fingerprint density at radius 3 is 1.50 bits per heavy atom. The molecule has 0 unspecified atom stereocenters. The molecule has 0 bridgehead atoms. The van der Waals surface area contributed by atoms with Crippen LogP contribution >= 0.6 is 0 Å². The number of carbonyl (C=O) groups excluding carboxylic acids is 2. The van der Waals surface area contributed by atoms with Crippen LogP contribution in [0.25, 0.3) is 0 Å². The monoisotopic (exact) mass is 740 g/mol. The molecule has 6 rings (SSSR count). The Labute approximate surface area is 315 Å². The van der Waals surface area contributed by atoms with Crippen LogP contribution in [0, 0.1) is 70.1 Å². The summed E-state index contributed by atoms with van der Waals surface area (Å²) >= 11 is 0. The molecule has 2 fully saturated rings. The predicted octanol–water partition coefficient (Wildman–Crippen LogP) is 4.85. The maximum atomic E-state index is 12.7. The first-order chi connectivity index (χ1) is 24.7. The van der Waals surface area contributed by atoms with Gasteiger partial charge in [0.25, 0.3) is 22.9 Å². The molecular formula is C41H40FeN4O6+2. The number of benzene rings is 2. The molecule has 10 nitrogen and oxygen atoms in total. The zero-order valence-electron chi connectivity index (χ0n) is 28.9. The van der Waals surface area contributed by atoms with Gasteiger partial charge in [-0.15, -0.1) is 0 Å². The van der Waals surface area contributed by atoms with E-state index in [0.29, 0.717) is 34.3 Å². The van der Waals surface area contributed by atoms with Gasteiger partial charge in [0.1, 0.15) is 0 Å². The van der Waals surface area contributed by atoms with Crippen molar-refractivity contribution in [2.45, 2.75) is 58.5 Å². The number of nitrogens with zero attached hydrogens (tertiary/aromatic N) is 4. The molecule has 0 amide bonds.